The van der Waals surface area contributed by atoms with Crippen molar-refractivity contribution in [1.82, 2.24) is 10.2 Å². The van der Waals surface area contributed by atoms with Crippen LogP contribution < -0.4 is 5.32 Å². The van der Waals surface area contributed by atoms with Gasteiger partial charge in [0.2, 0.25) is 0 Å². The van der Waals surface area contributed by atoms with E-state index in [-0.39, 0.29) is 0 Å². The predicted octanol–water partition coefficient (Wildman–Crippen LogP) is 1.47. The minimum absolute atomic E-state index is 0.770. The molecule has 2 heteroatoms. The van der Waals surface area contributed by atoms with Gasteiger partial charge in [-0.05, 0) is 52.4 Å². The van der Waals surface area contributed by atoms with E-state index in [4.69, 9.17) is 0 Å². The Morgan fingerprint density at radius 3 is 2.83 bits per heavy atom. The molecule has 0 bridgehead atoms. The summed E-state index contributed by atoms with van der Waals surface area (Å²) in [6.45, 7) is 6.16. The molecule has 0 saturated carbocycles. The summed E-state index contributed by atoms with van der Waals surface area (Å²) in [5, 5.41) is 3.38. The van der Waals surface area contributed by atoms with Crippen LogP contribution in [0.2, 0.25) is 0 Å². The average Bonchev–Trinajstić information content (AvgIpc) is 2.31. The van der Waals surface area contributed by atoms with E-state index in [2.05, 4.69) is 24.2 Å². The first-order valence-corrected chi connectivity index (χ1v) is 5.26. The molecule has 0 aromatic heterocycles. The number of hydrogen-bond donors (Lipinski definition) is 1. The van der Waals surface area contributed by atoms with Crippen molar-refractivity contribution in [1.29, 1.82) is 0 Å². The molecule has 1 N–H and O–H groups in total. The molecule has 0 radical (unpaired) electrons. The van der Waals surface area contributed by atoms with Gasteiger partial charge in [-0.1, -0.05) is 6.92 Å². The van der Waals surface area contributed by atoms with Crippen LogP contribution in [-0.4, -0.2) is 37.6 Å². The summed E-state index contributed by atoms with van der Waals surface area (Å²) in [5.41, 5.74) is 0. The summed E-state index contributed by atoms with van der Waals surface area (Å²) in [4.78, 5) is 2.59. The predicted molar refractivity (Wildman–Crippen MR) is 53.4 cm³/mol. The van der Waals surface area contributed by atoms with Gasteiger partial charge in [0.15, 0.2) is 0 Å². The molecular formula is C10H22N2. The van der Waals surface area contributed by atoms with E-state index in [1.165, 1.54) is 45.3 Å². The molecule has 0 aromatic rings. The molecule has 0 amide bonds. The Balaban J connectivity index is 2.24. The second kappa shape index (κ2) is 5.55. The van der Waals surface area contributed by atoms with Crippen molar-refractivity contribution < 1.29 is 0 Å². The Morgan fingerprint density at radius 1 is 1.33 bits per heavy atom. The van der Waals surface area contributed by atoms with Crippen molar-refractivity contribution in [2.75, 3.05) is 26.7 Å². The zero-order valence-electron chi connectivity index (χ0n) is 8.47. The van der Waals surface area contributed by atoms with Crippen LogP contribution in [0.5, 0.6) is 0 Å². The normalized spacial score (nSPS) is 27.0. The van der Waals surface area contributed by atoms with Crippen LogP contribution in [0.25, 0.3) is 0 Å². The monoisotopic (exact) mass is 170 g/mol. The molecule has 1 rings (SSSR count). The third kappa shape index (κ3) is 3.11. The van der Waals surface area contributed by atoms with Crippen molar-refractivity contribution >= 4 is 0 Å². The average molecular weight is 170 g/mol. The molecule has 1 aliphatic rings. The standard InChI is InChI=1S/C10H22N2/c1-3-7-12-8-4-5-10(11-2)6-9-12/h10-11H,3-9H2,1-2H3. The van der Waals surface area contributed by atoms with Gasteiger partial charge in [0, 0.05) is 6.04 Å². The molecule has 72 valence electrons. The Bertz CT molecular complexity index is 114. The molecule has 1 unspecified atom stereocenters. The Kier molecular flexibility index (Phi) is 4.62. The van der Waals surface area contributed by atoms with Crippen LogP contribution in [0.15, 0.2) is 0 Å². The lowest BCUT2D eigenvalue weighted by Gasteiger charge is -2.18. The van der Waals surface area contributed by atoms with E-state index < -0.39 is 0 Å². The maximum atomic E-state index is 3.38. The van der Waals surface area contributed by atoms with Crippen LogP contribution in [0, 0.1) is 0 Å². The van der Waals surface area contributed by atoms with Crippen LogP contribution in [0.4, 0.5) is 0 Å². The molecule has 12 heavy (non-hydrogen) atoms. The highest BCUT2D eigenvalue weighted by Crippen LogP contribution is 2.10. The summed E-state index contributed by atoms with van der Waals surface area (Å²) in [5.74, 6) is 0. The SMILES string of the molecule is CCCN1CCCC(NC)CC1. The van der Waals surface area contributed by atoms with Gasteiger partial charge in [0.1, 0.15) is 0 Å². The molecule has 0 aliphatic carbocycles. The third-order valence-electron chi connectivity index (χ3n) is 2.77. The number of nitrogens with zero attached hydrogens (tertiary/aromatic N) is 1. The van der Waals surface area contributed by atoms with E-state index in [1.807, 2.05) is 0 Å². The van der Waals surface area contributed by atoms with Crippen molar-refractivity contribution in [2.45, 2.75) is 38.6 Å². The Labute approximate surface area is 76.3 Å². The van der Waals surface area contributed by atoms with Crippen molar-refractivity contribution in [3.8, 4) is 0 Å². The minimum Gasteiger partial charge on any atom is -0.317 e. The largest absolute Gasteiger partial charge is 0.317 e. The van der Waals surface area contributed by atoms with Gasteiger partial charge in [-0.15, -0.1) is 0 Å². The maximum Gasteiger partial charge on any atom is 0.00767 e. The van der Waals surface area contributed by atoms with Crippen molar-refractivity contribution in [2.24, 2.45) is 0 Å². The summed E-state index contributed by atoms with van der Waals surface area (Å²) in [7, 11) is 2.08. The van der Waals surface area contributed by atoms with Crippen molar-refractivity contribution in [3.05, 3.63) is 0 Å². The number of rotatable bonds is 3. The lowest BCUT2D eigenvalue weighted by atomic mass is 10.1. The quantitative estimate of drug-likeness (QED) is 0.690. The molecule has 1 heterocycles. The van der Waals surface area contributed by atoms with E-state index in [0.717, 1.165) is 6.04 Å². The van der Waals surface area contributed by atoms with Crippen molar-refractivity contribution in [3.63, 3.8) is 0 Å². The molecule has 0 aromatic carbocycles. The van der Waals surface area contributed by atoms with E-state index >= 15 is 0 Å². The van der Waals surface area contributed by atoms with Gasteiger partial charge in [0.05, 0.1) is 0 Å². The minimum atomic E-state index is 0.770. The van der Waals surface area contributed by atoms with E-state index in [9.17, 15) is 0 Å². The fraction of sp³-hybridized carbons (Fsp3) is 1.00. The Hall–Kier alpha value is -0.0800. The molecule has 1 atom stereocenters. The molecule has 1 saturated heterocycles. The highest BCUT2D eigenvalue weighted by atomic mass is 15.1. The zero-order valence-corrected chi connectivity index (χ0v) is 8.47. The first-order valence-electron chi connectivity index (χ1n) is 5.26. The number of hydrogen-bond acceptors (Lipinski definition) is 2. The first kappa shape index (κ1) is 10.0. The van der Waals surface area contributed by atoms with E-state index in [0.29, 0.717) is 0 Å². The van der Waals surface area contributed by atoms with E-state index in [1.54, 1.807) is 0 Å². The highest BCUT2D eigenvalue weighted by Gasteiger charge is 2.14. The zero-order chi connectivity index (χ0) is 8.81. The lowest BCUT2D eigenvalue weighted by molar-refractivity contribution is 0.283. The first-order chi connectivity index (χ1) is 5.86. The fourth-order valence-electron chi connectivity index (χ4n) is 1.98. The summed E-state index contributed by atoms with van der Waals surface area (Å²) < 4.78 is 0. The second-order valence-electron chi connectivity index (χ2n) is 3.76. The summed E-state index contributed by atoms with van der Waals surface area (Å²) in [6, 6.07) is 0.770. The number of nitrogens with one attached hydrogen (secondary N) is 1. The van der Waals surface area contributed by atoms with Gasteiger partial charge in [-0.25, -0.2) is 0 Å². The maximum absolute atomic E-state index is 3.38. The lowest BCUT2D eigenvalue weighted by Crippen LogP contribution is -2.28. The second-order valence-corrected chi connectivity index (χ2v) is 3.76. The van der Waals surface area contributed by atoms with Crippen LogP contribution >= 0.6 is 0 Å². The Morgan fingerprint density at radius 2 is 2.17 bits per heavy atom. The molecular weight excluding hydrogens is 148 g/mol. The summed E-state index contributed by atoms with van der Waals surface area (Å²) in [6.07, 6.45) is 5.35. The van der Waals surface area contributed by atoms with Crippen LogP contribution in [0.1, 0.15) is 32.6 Å². The summed E-state index contributed by atoms with van der Waals surface area (Å²) >= 11 is 0. The number of likely N-dealkylation sites (tertiary alicyclic amines) is 1. The van der Waals surface area contributed by atoms with Crippen LogP contribution in [-0.2, 0) is 0 Å². The smallest absolute Gasteiger partial charge is 0.00767 e. The molecule has 1 aliphatic heterocycles. The highest BCUT2D eigenvalue weighted by molar-refractivity contribution is 4.72. The topological polar surface area (TPSA) is 15.3 Å². The van der Waals surface area contributed by atoms with Crippen LogP contribution in [0.3, 0.4) is 0 Å². The van der Waals surface area contributed by atoms with Gasteiger partial charge < -0.3 is 10.2 Å². The molecule has 1 fully saturated rings. The molecule has 0 spiro atoms. The van der Waals surface area contributed by atoms with Gasteiger partial charge in [-0.2, -0.15) is 0 Å². The fourth-order valence-corrected chi connectivity index (χ4v) is 1.98. The van der Waals surface area contributed by atoms with Gasteiger partial charge in [-0.3, -0.25) is 0 Å². The van der Waals surface area contributed by atoms with Gasteiger partial charge in [0.25, 0.3) is 0 Å². The molecule has 2 nitrogen and oxygen atoms in total. The third-order valence-corrected chi connectivity index (χ3v) is 2.77. The van der Waals surface area contributed by atoms with Gasteiger partial charge >= 0.3 is 0 Å².